The minimum atomic E-state index is 0.116. The lowest BCUT2D eigenvalue weighted by molar-refractivity contribution is 0.466. The van der Waals surface area contributed by atoms with Crippen molar-refractivity contribution in [2.45, 2.75) is 80.6 Å². The summed E-state index contributed by atoms with van der Waals surface area (Å²) < 4.78 is 6.47. The fourth-order valence-electron chi connectivity index (χ4n) is 4.39. The third-order valence-electron chi connectivity index (χ3n) is 6.62. The number of benzene rings is 3. The van der Waals surface area contributed by atoms with E-state index < -0.39 is 0 Å². The molecule has 0 aromatic heterocycles. The quantitative estimate of drug-likeness (QED) is 0.320. The topological polar surface area (TPSA) is 12.5 Å². The zero-order valence-electron chi connectivity index (χ0n) is 21.4. The fourth-order valence-corrected chi connectivity index (χ4v) is 4.39. The normalized spacial score (nSPS) is 12.3. The van der Waals surface area contributed by atoms with Gasteiger partial charge in [-0.15, -0.1) is 0 Å². The first-order valence-corrected chi connectivity index (χ1v) is 12.1. The molecule has 4 rings (SSSR count). The Kier molecular flexibility index (Phi) is 7.03. The molecule has 2 heteroatoms. The highest BCUT2D eigenvalue weighted by atomic mass is 16.5. The van der Waals surface area contributed by atoms with Crippen LogP contribution in [0.4, 0.5) is 17.1 Å². The first kappa shape index (κ1) is 23.9. The number of fused-ring (bicyclic) bond motifs is 2. The third kappa shape index (κ3) is 4.28. The predicted molar refractivity (Wildman–Crippen MR) is 139 cm³/mol. The summed E-state index contributed by atoms with van der Waals surface area (Å²) in [5.74, 6) is 1.86. The Labute approximate surface area is 195 Å². The number of ether oxygens (including phenoxy) is 1. The molecule has 0 N–H and O–H groups in total. The summed E-state index contributed by atoms with van der Waals surface area (Å²) in [6.45, 7) is 19.6. The van der Waals surface area contributed by atoms with Crippen molar-refractivity contribution in [2.24, 2.45) is 0 Å². The average molecular weight is 430 g/mol. The van der Waals surface area contributed by atoms with Gasteiger partial charge in [0.1, 0.15) is 0 Å². The van der Waals surface area contributed by atoms with Gasteiger partial charge in [-0.05, 0) is 91.1 Å². The van der Waals surface area contributed by atoms with Gasteiger partial charge in [-0.25, -0.2) is 0 Å². The van der Waals surface area contributed by atoms with Crippen molar-refractivity contribution in [3.63, 3.8) is 0 Å². The second-order valence-electron chi connectivity index (χ2n) is 9.26. The van der Waals surface area contributed by atoms with E-state index in [1.54, 1.807) is 0 Å². The summed E-state index contributed by atoms with van der Waals surface area (Å²) in [6.07, 6.45) is 2.13. The van der Waals surface area contributed by atoms with Crippen LogP contribution in [0.15, 0.2) is 48.5 Å². The van der Waals surface area contributed by atoms with Crippen LogP contribution in [0.2, 0.25) is 0 Å². The molecule has 0 radical (unpaired) electrons. The zero-order valence-corrected chi connectivity index (χ0v) is 21.4. The Hall–Kier alpha value is -2.74. The molecule has 32 heavy (non-hydrogen) atoms. The maximum Gasteiger partial charge on any atom is 0.151 e. The molecule has 0 unspecified atom stereocenters. The van der Waals surface area contributed by atoms with Crippen LogP contribution in [0, 0.1) is 20.8 Å². The van der Waals surface area contributed by atoms with E-state index in [4.69, 9.17) is 4.74 Å². The molecule has 1 heterocycles. The molecule has 0 spiro atoms. The van der Waals surface area contributed by atoms with Crippen LogP contribution in [0.1, 0.15) is 75.8 Å². The Morgan fingerprint density at radius 2 is 1.34 bits per heavy atom. The second-order valence-corrected chi connectivity index (χ2v) is 9.26. The van der Waals surface area contributed by atoms with Crippen LogP contribution in [0.25, 0.3) is 0 Å². The third-order valence-corrected chi connectivity index (χ3v) is 6.62. The molecule has 0 aliphatic carbocycles. The van der Waals surface area contributed by atoms with E-state index in [-0.39, 0.29) is 5.41 Å². The van der Waals surface area contributed by atoms with Crippen molar-refractivity contribution in [3.05, 3.63) is 76.3 Å². The largest absolute Gasteiger partial charge is 0.453 e. The summed E-state index contributed by atoms with van der Waals surface area (Å²) in [6, 6.07) is 17.9. The molecule has 3 aromatic rings. The minimum Gasteiger partial charge on any atom is -0.453 e. The molecular formula is C30H39NO. The van der Waals surface area contributed by atoms with Crippen molar-refractivity contribution in [3.8, 4) is 11.5 Å². The van der Waals surface area contributed by atoms with Gasteiger partial charge < -0.3 is 9.64 Å². The fraction of sp³-hybridized carbons (Fsp3) is 0.400. The van der Waals surface area contributed by atoms with Crippen molar-refractivity contribution >= 4 is 17.1 Å². The van der Waals surface area contributed by atoms with Crippen LogP contribution < -0.4 is 9.64 Å². The summed E-state index contributed by atoms with van der Waals surface area (Å²) in [4.78, 5) is 2.39. The van der Waals surface area contributed by atoms with Gasteiger partial charge in [-0.1, -0.05) is 65.8 Å². The van der Waals surface area contributed by atoms with Gasteiger partial charge in [0, 0.05) is 0 Å². The molecule has 3 aromatic carbocycles. The van der Waals surface area contributed by atoms with Gasteiger partial charge in [-0.2, -0.15) is 0 Å². The summed E-state index contributed by atoms with van der Waals surface area (Å²) >= 11 is 0. The standard InChI is InChI=1S/C28H33NO.C2H6/c1-8-21-15-19(4)27(20(5)16-21)29-23-12-10-18(3)14-25(23)30-26-17-22(11-13-24(26)29)28(6,7)9-2;1-2/h10-17H,8-9H2,1-7H3;1-2H3. The summed E-state index contributed by atoms with van der Waals surface area (Å²) in [7, 11) is 0. The van der Waals surface area contributed by atoms with Crippen molar-refractivity contribution in [1.29, 1.82) is 0 Å². The molecule has 0 bridgehead atoms. The predicted octanol–water partition coefficient (Wildman–Crippen LogP) is 9.46. The van der Waals surface area contributed by atoms with Gasteiger partial charge in [0.2, 0.25) is 0 Å². The molecule has 0 saturated heterocycles. The Balaban J connectivity index is 0.00000141. The van der Waals surface area contributed by atoms with Crippen molar-refractivity contribution in [2.75, 3.05) is 4.90 Å². The number of hydrogen-bond acceptors (Lipinski definition) is 2. The van der Waals surface area contributed by atoms with Gasteiger partial charge in [0.25, 0.3) is 0 Å². The Bertz CT molecular complexity index is 1090. The molecule has 1 aliphatic rings. The van der Waals surface area contributed by atoms with Gasteiger partial charge in [0.15, 0.2) is 11.5 Å². The number of hydrogen-bond donors (Lipinski definition) is 0. The molecular weight excluding hydrogens is 390 g/mol. The van der Waals surface area contributed by atoms with Crippen LogP contribution in [0.5, 0.6) is 11.5 Å². The van der Waals surface area contributed by atoms with E-state index in [2.05, 4.69) is 102 Å². The lowest BCUT2D eigenvalue weighted by Gasteiger charge is -2.36. The maximum atomic E-state index is 6.47. The Morgan fingerprint density at radius 1 is 0.781 bits per heavy atom. The van der Waals surface area contributed by atoms with Crippen LogP contribution >= 0.6 is 0 Å². The van der Waals surface area contributed by atoms with Crippen molar-refractivity contribution in [1.82, 2.24) is 0 Å². The monoisotopic (exact) mass is 429 g/mol. The Morgan fingerprint density at radius 3 is 1.91 bits per heavy atom. The molecule has 0 saturated carbocycles. The number of rotatable bonds is 4. The molecule has 170 valence electrons. The van der Waals surface area contributed by atoms with E-state index in [0.29, 0.717) is 0 Å². The number of aryl methyl sites for hydroxylation is 4. The van der Waals surface area contributed by atoms with Crippen LogP contribution in [0.3, 0.4) is 0 Å². The highest BCUT2D eigenvalue weighted by molar-refractivity contribution is 5.88. The highest BCUT2D eigenvalue weighted by Crippen LogP contribution is 2.53. The number of nitrogens with zero attached hydrogens (tertiary/aromatic N) is 1. The summed E-state index contributed by atoms with van der Waals surface area (Å²) in [5, 5.41) is 0. The van der Waals surface area contributed by atoms with E-state index in [1.807, 2.05) is 13.8 Å². The lowest BCUT2D eigenvalue weighted by Crippen LogP contribution is -2.20. The SMILES string of the molecule is CC.CCc1cc(C)c(N2c3ccc(C)cc3Oc3cc(C(C)(C)CC)ccc32)c(C)c1. The van der Waals surface area contributed by atoms with E-state index in [9.17, 15) is 0 Å². The minimum absolute atomic E-state index is 0.116. The van der Waals surface area contributed by atoms with Crippen LogP contribution in [-0.2, 0) is 11.8 Å². The van der Waals surface area contributed by atoms with E-state index >= 15 is 0 Å². The molecule has 0 atom stereocenters. The molecule has 2 nitrogen and oxygen atoms in total. The zero-order chi connectivity index (χ0) is 23.6. The molecule has 1 aliphatic heterocycles. The summed E-state index contributed by atoms with van der Waals surface area (Å²) in [5.41, 5.74) is 10.1. The van der Waals surface area contributed by atoms with E-state index in [1.165, 1.54) is 33.5 Å². The molecule has 0 fully saturated rings. The molecule has 0 amide bonds. The van der Waals surface area contributed by atoms with Gasteiger partial charge >= 0.3 is 0 Å². The van der Waals surface area contributed by atoms with E-state index in [0.717, 1.165) is 35.7 Å². The average Bonchev–Trinajstić information content (AvgIpc) is 2.78. The van der Waals surface area contributed by atoms with Gasteiger partial charge in [0.05, 0.1) is 17.1 Å². The maximum absolute atomic E-state index is 6.47. The van der Waals surface area contributed by atoms with Crippen LogP contribution in [-0.4, -0.2) is 0 Å². The smallest absolute Gasteiger partial charge is 0.151 e. The lowest BCUT2D eigenvalue weighted by atomic mass is 9.82. The second kappa shape index (κ2) is 9.40. The first-order valence-electron chi connectivity index (χ1n) is 12.1. The number of anilines is 3. The van der Waals surface area contributed by atoms with Gasteiger partial charge in [-0.3, -0.25) is 0 Å². The van der Waals surface area contributed by atoms with Crippen molar-refractivity contribution < 1.29 is 4.74 Å². The first-order chi connectivity index (χ1) is 15.2. The highest BCUT2D eigenvalue weighted by Gasteiger charge is 2.30.